The average Bonchev–Trinajstić information content (AvgIpc) is 2.79. The Bertz CT molecular complexity index is 994. The summed E-state index contributed by atoms with van der Waals surface area (Å²) < 4.78 is 0. The Morgan fingerprint density at radius 1 is 1.03 bits per heavy atom. The van der Waals surface area contributed by atoms with Gasteiger partial charge in [0.2, 0.25) is 11.8 Å². The van der Waals surface area contributed by atoms with E-state index in [2.05, 4.69) is 43.1 Å². The van der Waals surface area contributed by atoms with E-state index < -0.39 is 11.6 Å². The predicted octanol–water partition coefficient (Wildman–Crippen LogP) is 3.61. The fourth-order valence-corrected chi connectivity index (χ4v) is 5.13. The van der Waals surface area contributed by atoms with Crippen LogP contribution in [0.3, 0.4) is 0 Å². The van der Waals surface area contributed by atoms with Crippen LogP contribution < -0.4 is 5.32 Å². The molecule has 2 fully saturated rings. The molecule has 1 spiro atoms. The van der Waals surface area contributed by atoms with Crippen LogP contribution in [0, 0.1) is 12.8 Å². The van der Waals surface area contributed by atoms with Crippen LogP contribution in [0.5, 0.6) is 5.75 Å². The molecule has 176 valence electrons. The standard InChI is InChI=1S/C27H35N3O3/c1-19(2)16-24-25(32)30(18-22-7-5-4-6-20(22)3)27(26(33)28-24)12-14-29(15-13-27)17-21-8-10-23(31)11-9-21/h4-11,19,24,31H,12-18H2,1-3H3,(H,28,33). The van der Waals surface area contributed by atoms with Gasteiger partial charge in [0.1, 0.15) is 17.3 Å². The van der Waals surface area contributed by atoms with Crippen molar-refractivity contribution < 1.29 is 14.7 Å². The zero-order valence-electron chi connectivity index (χ0n) is 19.9. The minimum absolute atomic E-state index is 0.00869. The summed E-state index contributed by atoms with van der Waals surface area (Å²) in [7, 11) is 0. The Hall–Kier alpha value is -2.86. The molecule has 2 amide bonds. The fourth-order valence-electron chi connectivity index (χ4n) is 5.13. The maximum absolute atomic E-state index is 13.7. The lowest BCUT2D eigenvalue weighted by Gasteiger charge is -2.52. The summed E-state index contributed by atoms with van der Waals surface area (Å²) in [4.78, 5) is 31.4. The Kier molecular flexibility index (Phi) is 6.75. The van der Waals surface area contributed by atoms with Crippen molar-refractivity contribution in [3.63, 3.8) is 0 Å². The Morgan fingerprint density at radius 2 is 1.70 bits per heavy atom. The first kappa shape index (κ1) is 23.3. The zero-order valence-corrected chi connectivity index (χ0v) is 19.9. The SMILES string of the molecule is Cc1ccccc1CN1C(=O)C(CC(C)C)NC(=O)C12CCN(Cc1ccc(O)cc1)CC2. The molecule has 2 aliphatic heterocycles. The van der Waals surface area contributed by atoms with Gasteiger partial charge in [-0.25, -0.2) is 0 Å². The van der Waals surface area contributed by atoms with Crippen molar-refractivity contribution in [2.75, 3.05) is 13.1 Å². The smallest absolute Gasteiger partial charge is 0.246 e. The number of hydrogen-bond donors (Lipinski definition) is 2. The zero-order chi connectivity index (χ0) is 23.6. The molecule has 2 aromatic rings. The number of carbonyl (C=O) groups excluding carboxylic acids is 2. The van der Waals surface area contributed by atoms with E-state index in [0.717, 1.165) is 36.3 Å². The number of benzene rings is 2. The van der Waals surface area contributed by atoms with Crippen LogP contribution in [0.4, 0.5) is 0 Å². The molecule has 0 radical (unpaired) electrons. The molecular formula is C27H35N3O3. The summed E-state index contributed by atoms with van der Waals surface area (Å²) in [6, 6.07) is 14.9. The number of hydrogen-bond acceptors (Lipinski definition) is 4. The number of phenols is 1. The molecule has 6 nitrogen and oxygen atoms in total. The van der Waals surface area contributed by atoms with Crippen molar-refractivity contribution in [2.24, 2.45) is 5.92 Å². The molecule has 2 N–H and O–H groups in total. The maximum Gasteiger partial charge on any atom is 0.246 e. The van der Waals surface area contributed by atoms with Gasteiger partial charge in [-0.2, -0.15) is 0 Å². The monoisotopic (exact) mass is 449 g/mol. The maximum atomic E-state index is 13.7. The van der Waals surface area contributed by atoms with Crippen molar-refractivity contribution in [1.29, 1.82) is 0 Å². The molecule has 2 aliphatic rings. The number of rotatable bonds is 6. The van der Waals surface area contributed by atoms with Gasteiger partial charge in [-0.05, 0) is 60.9 Å². The molecule has 2 aromatic carbocycles. The van der Waals surface area contributed by atoms with Crippen molar-refractivity contribution >= 4 is 11.8 Å². The van der Waals surface area contributed by atoms with Crippen LogP contribution in [-0.2, 0) is 22.7 Å². The average molecular weight is 450 g/mol. The lowest BCUT2D eigenvalue weighted by Crippen LogP contribution is -2.72. The normalized spacial score (nSPS) is 21.0. The largest absolute Gasteiger partial charge is 0.508 e. The summed E-state index contributed by atoms with van der Waals surface area (Å²) in [5.41, 5.74) is 2.55. The van der Waals surface area contributed by atoms with Gasteiger partial charge >= 0.3 is 0 Å². The van der Waals surface area contributed by atoms with Crippen LogP contribution in [-0.4, -0.2) is 51.4 Å². The number of amides is 2. The van der Waals surface area contributed by atoms with Crippen molar-refractivity contribution in [3.05, 3.63) is 65.2 Å². The molecule has 0 bridgehead atoms. The van der Waals surface area contributed by atoms with Gasteiger partial charge < -0.3 is 15.3 Å². The third kappa shape index (κ3) is 4.91. The van der Waals surface area contributed by atoms with E-state index in [0.29, 0.717) is 31.7 Å². The molecule has 0 aromatic heterocycles. The van der Waals surface area contributed by atoms with Gasteiger partial charge in [-0.3, -0.25) is 14.5 Å². The summed E-state index contributed by atoms with van der Waals surface area (Å²) in [6.45, 7) is 8.92. The molecule has 1 unspecified atom stereocenters. The van der Waals surface area contributed by atoms with Crippen molar-refractivity contribution in [2.45, 2.75) is 64.7 Å². The molecule has 2 heterocycles. The predicted molar refractivity (Wildman–Crippen MR) is 128 cm³/mol. The fraction of sp³-hybridized carbons (Fsp3) is 0.481. The molecule has 33 heavy (non-hydrogen) atoms. The summed E-state index contributed by atoms with van der Waals surface area (Å²) in [5, 5.41) is 12.6. The highest BCUT2D eigenvalue weighted by atomic mass is 16.3. The van der Waals surface area contributed by atoms with E-state index in [1.165, 1.54) is 0 Å². The second-order valence-electron chi connectivity index (χ2n) is 9.98. The second kappa shape index (κ2) is 9.56. The van der Waals surface area contributed by atoms with Crippen LogP contribution >= 0.6 is 0 Å². The molecule has 1 atom stereocenters. The second-order valence-corrected chi connectivity index (χ2v) is 9.98. The molecule has 0 aliphatic carbocycles. The topological polar surface area (TPSA) is 72.9 Å². The summed E-state index contributed by atoms with van der Waals surface area (Å²) >= 11 is 0. The highest BCUT2D eigenvalue weighted by molar-refractivity contribution is 6.00. The Morgan fingerprint density at radius 3 is 2.33 bits per heavy atom. The van der Waals surface area contributed by atoms with Crippen LogP contribution in [0.1, 0.15) is 49.8 Å². The highest BCUT2D eigenvalue weighted by Gasteiger charge is 2.53. The van der Waals surface area contributed by atoms with Gasteiger partial charge in [0.25, 0.3) is 0 Å². The number of aromatic hydroxyl groups is 1. The lowest BCUT2D eigenvalue weighted by atomic mass is 9.80. The van der Waals surface area contributed by atoms with E-state index in [9.17, 15) is 14.7 Å². The Balaban J connectivity index is 1.56. The highest BCUT2D eigenvalue weighted by Crippen LogP contribution is 2.36. The van der Waals surface area contributed by atoms with Crippen LogP contribution in [0.15, 0.2) is 48.5 Å². The molecule has 6 heteroatoms. The van der Waals surface area contributed by atoms with Gasteiger partial charge in [-0.15, -0.1) is 0 Å². The number of piperazine rings is 1. The quantitative estimate of drug-likeness (QED) is 0.707. The third-order valence-corrected chi connectivity index (χ3v) is 7.13. The van der Waals surface area contributed by atoms with Crippen molar-refractivity contribution in [3.8, 4) is 5.75 Å². The Labute approximate surface area is 196 Å². The summed E-state index contributed by atoms with van der Waals surface area (Å²) in [5.74, 6) is 0.612. The van der Waals surface area contributed by atoms with Crippen molar-refractivity contribution in [1.82, 2.24) is 15.1 Å². The number of aryl methyl sites for hydroxylation is 1. The van der Waals surface area contributed by atoms with Gasteiger partial charge in [0.15, 0.2) is 0 Å². The summed E-state index contributed by atoms with van der Waals surface area (Å²) in [6.07, 6.45) is 1.88. The van der Waals surface area contributed by atoms with E-state index in [4.69, 9.17) is 0 Å². The third-order valence-electron chi connectivity index (χ3n) is 7.13. The van der Waals surface area contributed by atoms with Gasteiger partial charge in [-0.1, -0.05) is 50.2 Å². The minimum Gasteiger partial charge on any atom is -0.508 e. The van der Waals surface area contributed by atoms with E-state index >= 15 is 0 Å². The van der Waals surface area contributed by atoms with Gasteiger partial charge in [0, 0.05) is 26.2 Å². The number of carbonyl (C=O) groups is 2. The van der Waals surface area contributed by atoms with E-state index in [1.54, 1.807) is 12.1 Å². The number of piperidine rings is 1. The molecule has 4 rings (SSSR count). The van der Waals surface area contributed by atoms with E-state index in [-0.39, 0.29) is 17.6 Å². The number of likely N-dealkylation sites (tertiary alicyclic amines) is 1. The van der Waals surface area contributed by atoms with Gasteiger partial charge in [0.05, 0.1) is 0 Å². The first-order valence-electron chi connectivity index (χ1n) is 12.0. The minimum atomic E-state index is -0.807. The molecular weight excluding hydrogens is 414 g/mol. The first-order chi connectivity index (χ1) is 15.8. The number of nitrogens with zero attached hydrogens (tertiary/aromatic N) is 2. The molecule has 0 saturated carbocycles. The van der Waals surface area contributed by atoms with Crippen LogP contribution in [0.25, 0.3) is 0 Å². The number of nitrogens with one attached hydrogen (secondary N) is 1. The first-order valence-corrected chi connectivity index (χ1v) is 12.0. The molecule has 2 saturated heterocycles. The van der Waals surface area contributed by atoms with Crippen LogP contribution in [0.2, 0.25) is 0 Å². The number of phenolic OH excluding ortho intramolecular Hbond substituents is 1. The van der Waals surface area contributed by atoms with E-state index in [1.807, 2.05) is 29.2 Å². The lowest BCUT2D eigenvalue weighted by molar-refractivity contribution is -0.162.